The summed E-state index contributed by atoms with van der Waals surface area (Å²) in [4.78, 5) is 22.4. The number of amides is 1. The molecule has 9 heteroatoms. The molecule has 0 radical (unpaired) electrons. The third kappa shape index (κ3) is 4.27. The van der Waals surface area contributed by atoms with Gasteiger partial charge in [0.2, 0.25) is 5.91 Å². The second-order valence-corrected chi connectivity index (χ2v) is 9.14. The van der Waals surface area contributed by atoms with Gasteiger partial charge in [-0.15, -0.1) is 21.5 Å². The van der Waals surface area contributed by atoms with Gasteiger partial charge in [-0.25, -0.2) is 4.98 Å². The monoisotopic (exact) mass is 436 g/mol. The molecule has 0 aliphatic carbocycles. The Morgan fingerprint density at radius 2 is 1.93 bits per heavy atom. The smallest absolute Gasteiger partial charge is 0.239 e. The molecule has 152 valence electrons. The molecule has 0 unspecified atom stereocenters. The number of anilines is 1. The summed E-state index contributed by atoms with van der Waals surface area (Å²) in [6.45, 7) is 5.77. The van der Waals surface area contributed by atoms with Crippen LogP contribution < -0.4 is 5.32 Å². The third-order valence-corrected chi connectivity index (χ3v) is 6.51. The fourth-order valence-corrected chi connectivity index (χ4v) is 4.47. The quantitative estimate of drug-likeness (QED) is 0.447. The molecular weight excluding hydrogens is 416 g/mol. The highest BCUT2D eigenvalue weighted by Gasteiger charge is 2.22. The summed E-state index contributed by atoms with van der Waals surface area (Å²) in [5.41, 5.74) is 2.70. The molecule has 7 nitrogen and oxygen atoms in total. The Morgan fingerprint density at radius 1 is 1.13 bits per heavy atom. The molecule has 0 bridgehead atoms. The van der Waals surface area contributed by atoms with Crippen molar-refractivity contribution in [3.05, 3.63) is 65.4 Å². The van der Waals surface area contributed by atoms with Crippen LogP contribution in [0.2, 0.25) is 0 Å². The maximum absolute atomic E-state index is 12.7. The van der Waals surface area contributed by atoms with E-state index in [1.54, 1.807) is 12.4 Å². The van der Waals surface area contributed by atoms with Crippen molar-refractivity contribution in [1.29, 1.82) is 0 Å². The molecular formula is C21H20N6OS2. The molecule has 0 aliphatic heterocycles. The predicted molar refractivity (Wildman–Crippen MR) is 120 cm³/mol. The minimum absolute atomic E-state index is 0.126. The van der Waals surface area contributed by atoms with Crippen LogP contribution in [0.1, 0.15) is 17.5 Å². The molecule has 1 amide bonds. The number of carbonyl (C=O) groups excluding carboxylic acids is 1. The van der Waals surface area contributed by atoms with E-state index >= 15 is 0 Å². The Morgan fingerprint density at radius 3 is 2.60 bits per heavy atom. The number of hydrogen-bond donors (Lipinski definition) is 1. The molecule has 30 heavy (non-hydrogen) atoms. The van der Waals surface area contributed by atoms with E-state index in [1.807, 2.05) is 67.8 Å². The zero-order valence-electron chi connectivity index (χ0n) is 16.7. The number of aryl methyl sites for hydroxylation is 2. The Kier molecular flexibility index (Phi) is 5.91. The van der Waals surface area contributed by atoms with E-state index in [-0.39, 0.29) is 11.2 Å². The molecule has 4 aromatic rings. The van der Waals surface area contributed by atoms with Crippen molar-refractivity contribution in [1.82, 2.24) is 24.7 Å². The van der Waals surface area contributed by atoms with Crippen LogP contribution in [-0.4, -0.2) is 35.9 Å². The molecule has 3 aromatic heterocycles. The molecule has 0 fully saturated rings. The van der Waals surface area contributed by atoms with Crippen LogP contribution in [0.3, 0.4) is 0 Å². The highest BCUT2D eigenvalue weighted by Crippen LogP contribution is 2.30. The Balaban J connectivity index is 1.62. The Labute approximate surface area is 182 Å². The van der Waals surface area contributed by atoms with Crippen molar-refractivity contribution in [2.45, 2.75) is 31.2 Å². The molecule has 0 spiro atoms. The van der Waals surface area contributed by atoms with Crippen LogP contribution in [0.15, 0.2) is 60.0 Å². The van der Waals surface area contributed by atoms with Gasteiger partial charge in [0, 0.05) is 28.5 Å². The van der Waals surface area contributed by atoms with Crippen LogP contribution >= 0.6 is 23.1 Å². The van der Waals surface area contributed by atoms with Crippen LogP contribution in [0, 0.1) is 13.8 Å². The first kappa shape index (κ1) is 20.2. The predicted octanol–water partition coefficient (Wildman–Crippen LogP) is 4.52. The van der Waals surface area contributed by atoms with E-state index in [0.29, 0.717) is 16.1 Å². The van der Waals surface area contributed by atoms with E-state index in [2.05, 4.69) is 25.5 Å². The van der Waals surface area contributed by atoms with Gasteiger partial charge in [0.05, 0.1) is 10.9 Å². The molecule has 0 saturated heterocycles. The summed E-state index contributed by atoms with van der Waals surface area (Å²) < 4.78 is 1.95. The fraction of sp³-hybridized carbons (Fsp3) is 0.190. The van der Waals surface area contributed by atoms with Crippen molar-refractivity contribution >= 4 is 34.1 Å². The number of carbonyl (C=O) groups is 1. The summed E-state index contributed by atoms with van der Waals surface area (Å²) in [5, 5.41) is 12.5. The van der Waals surface area contributed by atoms with Crippen molar-refractivity contribution in [2.24, 2.45) is 0 Å². The zero-order valence-corrected chi connectivity index (χ0v) is 18.4. The SMILES string of the molecule is Cc1nc(NC(=O)[C@@H](C)Sc2nnc(-c3cccnc3)n2-c2ccccc2)sc1C. The number of benzene rings is 1. The van der Waals surface area contributed by atoms with E-state index < -0.39 is 0 Å². The Hall–Kier alpha value is -3.04. The number of rotatable bonds is 6. The molecule has 1 atom stereocenters. The van der Waals surface area contributed by atoms with Gasteiger partial charge >= 0.3 is 0 Å². The normalized spacial score (nSPS) is 12.0. The van der Waals surface area contributed by atoms with Crippen LogP contribution in [0.5, 0.6) is 0 Å². The van der Waals surface area contributed by atoms with Crippen molar-refractivity contribution in [2.75, 3.05) is 5.32 Å². The van der Waals surface area contributed by atoms with E-state index in [0.717, 1.165) is 21.8 Å². The van der Waals surface area contributed by atoms with Crippen molar-refractivity contribution in [3.8, 4) is 17.1 Å². The number of aromatic nitrogens is 5. The second kappa shape index (κ2) is 8.76. The average Bonchev–Trinajstić information content (AvgIpc) is 3.31. The topological polar surface area (TPSA) is 85.6 Å². The maximum atomic E-state index is 12.7. The van der Waals surface area contributed by atoms with Gasteiger partial charge in [0.1, 0.15) is 0 Å². The lowest BCUT2D eigenvalue weighted by molar-refractivity contribution is -0.115. The number of hydrogen-bond acceptors (Lipinski definition) is 7. The molecule has 3 heterocycles. The minimum atomic E-state index is -0.386. The lowest BCUT2D eigenvalue weighted by Crippen LogP contribution is -2.22. The fourth-order valence-electron chi connectivity index (χ4n) is 2.78. The highest BCUT2D eigenvalue weighted by atomic mass is 32.2. The van der Waals surface area contributed by atoms with Gasteiger partial charge in [-0.1, -0.05) is 30.0 Å². The summed E-state index contributed by atoms with van der Waals surface area (Å²) in [5.74, 6) is 0.551. The highest BCUT2D eigenvalue weighted by molar-refractivity contribution is 8.00. The number of pyridine rings is 1. The summed E-state index contributed by atoms with van der Waals surface area (Å²) in [7, 11) is 0. The van der Waals surface area contributed by atoms with Gasteiger partial charge < -0.3 is 5.32 Å². The largest absolute Gasteiger partial charge is 0.301 e. The average molecular weight is 437 g/mol. The first-order valence-corrected chi connectivity index (χ1v) is 11.1. The van der Waals surface area contributed by atoms with Crippen LogP contribution in [0.25, 0.3) is 17.1 Å². The maximum Gasteiger partial charge on any atom is 0.239 e. The molecule has 1 aromatic carbocycles. The zero-order chi connectivity index (χ0) is 21.1. The van der Waals surface area contributed by atoms with Crippen LogP contribution in [0.4, 0.5) is 5.13 Å². The first-order chi connectivity index (χ1) is 14.5. The number of para-hydroxylation sites is 1. The summed E-state index contributed by atoms with van der Waals surface area (Å²) >= 11 is 2.83. The van der Waals surface area contributed by atoms with Crippen LogP contribution in [-0.2, 0) is 4.79 Å². The van der Waals surface area contributed by atoms with Gasteiger partial charge in [0.15, 0.2) is 16.1 Å². The van der Waals surface area contributed by atoms with Gasteiger partial charge in [-0.2, -0.15) is 0 Å². The number of thioether (sulfide) groups is 1. The first-order valence-electron chi connectivity index (χ1n) is 9.35. The number of thiazole rings is 1. The standard InChI is InChI=1S/C21H20N6OS2/c1-13-14(2)29-20(23-13)24-19(28)15(3)30-21-26-25-18(16-8-7-11-22-12-16)27(21)17-9-5-4-6-10-17/h4-12,15H,1-3H3,(H,23,24,28)/t15-/m1/s1. The molecule has 0 saturated carbocycles. The summed E-state index contributed by atoms with van der Waals surface area (Å²) in [6.07, 6.45) is 3.47. The molecule has 0 aliphatic rings. The van der Waals surface area contributed by atoms with E-state index in [1.165, 1.54) is 23.1 Å². The molecule has 4 rings (SSSR count). The van der Waals surface area contributed by atoms with Gasteiger partial charge in [-0.3, -0.25) is 14.3 Å². The van der Waals surface area contributed by atoms with Gasteiger partial charge in [0.25, 0.3) is 0 Å². The lowest BCUT2D eigenvalue weighted by atomic mass is 10.2. The van der Waals surface area contributed by atoms with Gasteiger partial charge in [-0.05, 0) is 45.0 Å². The summed E-state index contributed by atoms with van der Waals surface area (Å²) in [6, 6.07) is 13.6. The van der Waals surface area contributed by atoms with E-state index in [4.69, 9.17) is 0 Å². The van der Waals surface area contributed by atoms with Crippen molar-refractivity contribution < 1.29 is 4.79 Å². The molecule has 1 N–H and O–H groups in total. The lowest BCUT2D eigenvalue weighted by Gasteiger charge is -2.13. The third-order valence-electron chi connectivity index (χ3n) is 4.48. The van der Waals surface area contributed by atoms with Crippen molar-refractivity contribution in [3.63, 3.8) is 0 Å². The minimum Gasteiger partial charge on any atom is -0.301 e. The number of nitrogens with zero attached hydrogens (tertiary/aromatic N) is 5. The Bertz CT molecular complexity index is 1140. The second-order valence-electron chi connectivity index (χ2n) is 6.63. The van der Waals surface area contributed by atoms with E-state index in [9.17, 15) is 4.79 Å². The number of nitrogens with one attached hydrogen (secondary N) is 1.